The molecule has 25 heavy (non-hydrogen) atoms. The van der Waals surface area contributed by atoms with Crippen molar-refractivity contribution >= 4 is 21.6 Å². The molecule has 0 aromatic heterocycles. The molecule has 0 aliphatic heterocycles. The zero-order valence-electron chi connectivity index (χ0n) is 14.6. The third-order valence-electron chi connectivity index (χ3n) is 3.66. The highest BCUT2D eigenvalue weighted by atomic mass is 32.2. The smallest absolute Gasteiger partial charge is 0.269 e. The van der Waals surface area contributed by atoms with Gasteiger partial charge in [-0.1, -0.05) is 24.6 Å². The van der Waals surface area contributed by atoms with Crippen LogP contribution < -0.4 is 15.2 Å². The van der Waals surface area contributed by atoms with Crippen molar-refractivity contribution in [3.05, 3.63) is 59.7 Å². The van der Waals surface area contributed by atoms with E-state index >= 15 is 0 Å². The van der Waals surface area contributed by atoms with Crippen LogP contribution in [0.4, 0.5) is 5.69 Å². The number of hydrogen-bond acceptors (Lipinski definition) is 4. The topological polar surface area (TPSA) is 78.5 Å². The lowest BCUT2D eigenvalue weighted by Gasteiger charge is -2.24. The third kappa shape index (κ3) is 4.80. The number of anilines is 1. The number of rotatable bonds is 7. The minimum absolute atomic E-state index is 0.136. The summed E-state index contributed by atoms with van der Waals surface area (Å²) in [5.74, 6) is -0.296. The van der Waals surface area contributed by atoms with Crippen LogP contribution in [0.15, 0.2) is 53.4 Å². The highest BCUT2D eigenvalue weighted by Gasteiger charge is 2.15. The predicted octanol–water partition coefficient (Wildman–Crippen LogP) is 2.46. The highest BCUT2D eigenvalue weighted by molar-refractivity contribution is 7.89. The van der Waals surface area contributed by atoms with E-state index in [9.17, 15) is 13.2 Å². The minimum atomic E-state index is -3.52. The largest absolute Gasteiger partial charge is 0.286 e. The maximum absolute atomic E-state index is 12.4. The Kier molecular flexibility index (Phi) is 6.17. The van der Waals surface area contributed by atoms with E-state index in [0.717, 1.165) is 11.3 Å². The van der Waals surface area contributed by atoms with Gasteiger partial charge in [0, 0.05) is 18.7 Å². The van der Waals surface area contributed by atoms with E-state index in [1.807, 2.05) is 38.1 Å². The van der Waals surface area contributed by atoms with Gasteiger partial charge >= 0.3 is 0 Å². The van der Waals surface area contributed by atoms with Crippen molar-refractivity contribution in [2.75, 3.05) is 18.1 Å². The Hall–Kier alpha value is -2.38. The van der Waals surface area contributed by atoms with Crippen LogP contribution in [0, 0.1) is 6.92 Å². The molecule has 0 spiro atoms. The SMILES string of the molecule is CCNS(=O)(=O)c1ccc(C(=O)NN(CC)c2ccc(C)cc2)cc1. The lowest BCUT2D eigenvalue weighted by molar-refractivity contribution is 0.0949. The second-order valence-corrected chi connectivity index (χ2v) is 7.31. The van der Waals surface area contributed by atoms with Crippen LogP contribution in [-0.4, -0.2) is 27.4 Å². The summed E-state index contributed by atoms with van der Waals surface area (Å²) in [5.41, 5.74) is 5.25. The third-order valence-corrected chi connectivity index (χ3v) is 5.22. The molecule has 2 rings (SSSR count). The average Bonchev–Trinajstić information content (AvgIpc) is 2.60. The van der Waals surface area contributed by atoms with E-state index in [1.165, 1.54) is 24.3 Å². The van der Waals surface area contributed by atoms with Gasteiger partial charge in [0.15, 0.2) is 0 Å². The quantitative estimate of drug-likeness (QED) is 0.743. The van der Waals surface area contributed by atoms with E-state index in [1.54, 1.807) is 11.9 Å². The van der Waals surface area contributed by atoms with Gasteiger partial charge in [-0.2, -0.15) is 0 Å². The lowest BCUT2D eigenvalue weighted by atomic mass is 10.2. The maximum atomic E-state index is 12.4. The Morgan fingerprint density at radius 1 is 1.00 bits per heavy atom. The zero-order valence-corrected chi connectivity index (χ0v) is 15.4. The van der Waals surface area contributed by atoms with E-state index in [0.29, 0.717) is 18.7 Å². The van der Waals surface area contributed by atoms with Gasteiger partial charge in [0.1, 0.15) is 0 Å². The molecule has 2 aromatic carbocycles. The van der Waals surface area contributed by atoms with Crippen LogP contribution in [0.2, 0.25) is 0 Å². The first-order chi connectivity index (χ1) is 11.9. The molecule has 0 aliphatic carbocycles. The molecular weight excluding hydrogens is 338 g/mol. The molecule has 134 valence electrons. The summed E-state index contributed by atoms with van der Waals surface area (Å²) in [6, 6.07) is 13.7. The van der Waals surface area contributed by atoms with Gasteiger partial charge in [-0.3, -0.25) is 15.2 Å². The summed E-state index contributed by atoms with van der Waals surface area (Å²) in [6.07, 6.45) is 0. The minimum Gasteiger partial charge on any atom is -0.286 e. The fourth-order valence-electron chi connectivity index (χ4n) is 2.30. The first kappa shape index (κ1) is 19.0. The van der Waals surface area contributed by atoms with Crippen molar-refractivity contribution in [1.29, 1.82) is 0 Å². The van der Waals surface area contributed by atoms with Crippen LogP contribution in [0.3, 0.4) is 0 Å². The molecule has 2 N–H and O–H groups in total. The zero-order chi connectivity index (χ0) is 18.4. The van der Waals surface area contributed by atoms with Crippen LogP contribution in [0.5, 0.6) is 0 Å². The number of carbonyl (C=O) groups is 1. The standard InChI is InChI=1S/C18H23N3O3S/c1-4-19-25(23,24)17-12-8-15(9-13-17)18(22)20-21(5-2)16-10-6-14(3)7-11-16/h6-13,19H,4-5H2,1-3H3,(H,20,22). The van der Waals surface area contributed by atoms with E-state index in [2.05, 4.69) is 10.1 Å². The molecular formula is C18H23N3O3S. The fraction of sp³-hybridized carbons (Fsp3) is 0.278. The lowest BCUT2D eigenvalue weighted by Crippen LogP contribution is -2.42. The predicted molar refractivity (Wildman–Crippen MR) is 99.0 cm³/mol. The number of sulfonamides is 1. The van der Waals surface area contributed by atoms with Gasteiger partial charge in [-0.15, -0.1) is 0 Å². The van der Waals surface area contributed by atoms with Gasteiger partial charge in [-0.05, 0) is 50.2 Å². The van der Waals surface area contributed by atoms with Gasteiger partial charge in [0.2, 0.25) is 10.0 Å². The number of benzene rings is 2. The number of nitrogens with zero attached hydrogens (tertiary/aromatic N) is 1. The van der Waals surface area contributed by atoms with Crippen molar-refractivity contribution in [3.8, 4) is 0 Å². The van der Waals surface area contributed by atoms with Crippen LogP contribution in [-0.2, 0) is 10.0 Å². The van der Waals surface area contributed by atoms with E-state index < -0.39 is 10.0 Å². The molecule has 2 aromatic rings. The second-order valence-electron chi connectivity index (χ2n) is 5.55. The Balaban J connectivity index is 2.13. The molecule has 0 bridgehead atoms. The fourth-order valence-corrected chi connectivity index (χ4v) is 3.34. The second kappa shape index (κ2) is 8.13. The number of amides is 1. The van der Waals surface area contributed by atoms with Crippen LogP contribution in [0.1, 0.15) is 29.8 Å². The highest BCUT2D eigenvalue weighted by Crippen LogP contribution is 2.14. The van der Waals surface area contributed by atoms with Crippen molar-refractivity contribution in [3.63, 3.8) is 0 Å². The first-order valence-corrected chi connectivity index (χ1v) is 9.60. The molecule has 0 saturated carbocycles. The molecule has 0 aliphatic rings. The first-order valence-electron chi connectivity index (χ1n) is 8.12. The number of nitrogens with one attached hydrogen (secondary N) is 2. The molecule has 7 heteroatoms. The average molecular weight is 361 g/mol. The normalized spacial score (nSPS) is 11.2. The number of aryl methyl sites for hydroxylation is 1. The molecule has 0 saturated heterocycles. The molecule has 0 unspecified atom stereocenters. The number of hydrogen-bond donors (Lipinski definition) is 2. The van der Waals surface area contributed by atoms with Gasteiger partial charge < -0.3 is 0 Å². The summed E-state index contributed by atoms with van der Waals surface area (Å²) in [7, 11) is -3.52. The van der Waals surface area contributed by atoms with Gasteiger partial charge in [0.25, 0.3) is 5.91 Å². The van der Waals surface area contributed by atoms with E-state index in [-0.39, 0.29) is 10.8 Å². The van der Waals surface area contributed by atoms with Crippen molar-refractivity contribution in [2.45, 2.75) is 25.7 Å². The maximum Gasteiger partial charge on any atom is 0.269 e. The molecule has 0 atom stereocenters. The molecule has 0 heterocycles. The van der Waals surface area contributed by atoms with Gasteiger partial charge in [0.05, 0.1) is 10.6 Å². The number of hydrazine groups is 1. The summed E-state index contributed by atoms with van der Waals surface area (Å²) in [6.45, 7) is 6.56. The summed E-state index contributed by atoms with van der Waals surface area (Å²) < 4.78 is 26.3. The van der Waals surface area contributed by atoms with Crippen molar-refractivity contribution in [1.82, 2.24) is 10.1 Å². The Morgan fingerprint density at radius 2 is 1.60 bits per heavy atom. The van der Waals surface area contributed by atoms with Crippen LogP contribution >= 0.6 is 0 Å². The van der Waals surface area contributed by atoms with Gasteiger partial charge in [-0.25, -0.2) is 13.1 Å². The van der Waals surface area contributed by atoms with E-state index in [4.69, 9.17) is 0 Å². The molecule has 6 nitrogen and oxygen atoms in total. The number of carbonyl (C=O) groups excluding carboxylic acids is 1. The summed E-state index contributed by atoms with van der Waals surface area (Å²) in [5, 5.41) is 1.74. The van der Waals surface area contributed by atoms with Crippen molar-refractivity contribution < 1.29 is 13.2 Å². The molecule has 0 radical (unpaired) electrons. The molecule has 1 amide bonds. The Bertz CT molecular complexity index is 816. The van der Waals surface area contributed by atoms with Crippen LogP contribution in [0.25, 0.3) is 0 Å². The monoisotopic (exact) mass is 361 g/mol. The summed E-state index contributed by atoms with van der Waals surface area (Å²) in [4.78, 5) is 12.6. The summed E-state index contributed by atoms with van der Waals surface area (Å²) >= 11 is 0. The van der Waals surface area contributed by atoms with Crippen molar-refractivity contribution in [2.24, 2.45) is 0 Å². The Morgan fingerprint density at radius 3 is 2.12 bits per heavy atom. The Labute approximate surface area is 148 Å². The molecule has 0 fully saturated rings.